The Bertz CT molecular complexity index is 379. The van der Waals surface area contributed by atoms with Gasteiger partial charge in [-0.25, -0.2) is 4.39 Å². The molecule has 0 aromatic heterocycles. The molecule has 0 saturated carbocycles. The van der Waals surface area contributed by atoms with Gasteiger partial charge in [-0.05, 0) is 37.1 Å². The Morgan fingerprint density at radius 2 is 2.25 bits per heavy atom. The minimum absolute atomic E-state index is 0.105. The summed E-state index contributed by atoms with van der Waals surface area (Å²) >= 11 is 0. The number of carbonyl (C=O) groups is 1. The molecular weight excluding hydrogens is 207 g/mol. The smallest absolute Gasteiger partial charge is 0.224 e. The summed E-state index contributed by atoms with van der Waals surface area (Å²) in [5.41, 5.74) is 6.55. The van der Waals surface area contributed by atoms with E-state index in [9.17, 15) is 9.18 Å². The summed E-state index contributed by atoms with van der Waals surface area (Å²) in [4.78, 5) is 11.5. The lowest BCUT2D eigenvalue weighted by atomic mass is 10.1. The number of carbonyl (C=O) groups excluding carboxylic acids is 1. The molecule has 1 unspecified atom stereocenters. The Balaban J connectivity index is 2.65. The van der Waals surface area contributed by atoms with Gasteiger partial charge in [0.25, 0.3) is 0 Å². The Morgan fingerprint density at radius 3 is 2.88 bits per heavy atom. The number of anilines is 1. The highest BCUT2D eigenvalue weighted by Crippen LogP contribution is 2.16. The molecule has 0 aliphatic carbocycles. The van der Waals surface area contributed by atoms with Gasteiger partial charge in [0.05, 0.1) is 5.69 Å². The van der Waals surface area contributed by atoms with Gasteiger partial charge in [-0.3, -0.25) is 4.79 Å². The maximum absolute atomic E-state index is 13.3. The van der Waals surface area contributed by atoms with Crippen molar-refractivity contribution in [3.63, 3.8) is 0 Å². The second-order valence-corrected chi connectivity index (χ2v) is 4.08. The summed E-state index contributed by atoms with van der Waals surface area (Å²) in [6.45, 7) is 4.17. The van der Waals surface area contributed by atoms with E-state index in [0.717, 1.165) is 5.56 Å². The first-order valence-electron chi connectivity index (χ1n) is 5.29. The lowest BCUT2D eigenvalue weighted by molar-refractivity contribution is -0.116. The van der Waals surface area contributed by atoms with Crippen molar-refractivity contribution in [1.82, 2.24) is 0 Å². The minimum Gasteiger partial charge on any atom is -0.330 e. The molecule has 1 aromatic rings. The molecule has 3 N–H and O–H groups in total. The average Bonchev–Trinajstić information content (AvgIpc) is 2.23. The quantitative estimate of drug-likeness (QED) is 0.822. The number of hydrogen-bond acceptors (Lipinski definition) is 2. The van der Waals surface area contributed by atoms with Gasteiger partial charge in [0, 0.05) is 6.42 Å². The zero-order valence-corrected chi connectivity index (χ0v) is 9.59. The van der Waals surface area contributed by atoms with Gasteiger partial charge in [0.2, 0.25) is 5.91 Å². The van der Waals surface area contributed by atoms with Gasteiger partial charge in [0.1, 0.15) is 5.82 Å². The fourth-order valence-corrected chi connectivity index (χ4v) is 1.34. The molecule has 1 rings (SSSR count). The predicted molar refractivity (Wildman–Crippen MR) is 62.6 cm³/mol. The molecule has 16 heavy (non-hydrogen) atoms. The summed E-state index contributed by atoms with van der Waals surface area (Å²) in [6.07, 6.45) is 0.309. The third-order valence-corrected chi connectivity index (χ3v) is 2.33. The molecule has 0 aliphatic heterocycles. The van der Waals surface area contributed by atoms with Crippen molar-refractivity contribution in [3.05, 3.63) is 29.6 Å². The van der Waals surface area contributed by atoms with Crippen LogP contribution in [0.2, 0.25) is 0 Å². The van der Waals surface area contributed by atoms with Gasteiger partial charge < -0.3 is 11.1 Å². The zero-order valence-electron chi connectivity index (χ0n) is 9.59. The topological polar surface area (TPSA) is 55.1 Å². The lowest BCUT2D eigenvalue weighted by Crippen LogP contribution is -2.20. The number of aryl methyl sites for hydroxylation is 1. The largest absolute Gasteiger partial charge is 0.330 e. The molecule has 3 nitrogen and oxygen atoms in total. The van der Waals surface area contributed by atoms with E-state index in [2.05, 4.69) is 5.32 Å². The molecule has 1 amide bonds. The highest BCUT2D eigenvalue weighted by molar-refractivity contribution is 5.91. The van der Waals surface area contributed by atoms with Crippen molar-refractivity contribution >= 4 is 11.6 Å². The average molecular weight is 224 g/mol. The van der Waals surface area contributed by atoms with E-state index < -0.39 is 5.82 Å². The van der Waals surface area contributed by atoms with Crippen LogP contribution in [0.15, 0.2) is 18.2 Å². The number of halogens is 1. The second kappa shape index (κ2) is 5.61. The molecule has 0 heterocycles. The number of nitrogens with one attached hydrogen (secondary N) is 1. The molecule has 0 saturated heterocycles. The molecule has 1 atom stereocenters. The SMILES string of the molecule is Cc1ccc(F)c(NC(=O)CC(C)CN)c1. The van der Waals surface area contributed by atoms with Gasteiger partial charge >= 0.3 is 0 Å². The van der Waals surface area contributed by atoms with E-state index in [1.807, 2.05) is 13.8 Å². The van der Waals surface area contributed by atoms with Crippen LogP contribution < -0.4 is 11.1 Å². The third kappa shape index (κ3) is 3.62. The van der Waals surface area contributed by atoms with Gasteiger partial charge in [-0.1, -0.05) is 13.0 Å². The molecule has 1 aromatic carbocycles. The minimum atomic E-state index is -0.417. The third-order valence-electron chi connectivity index (χ3n) is 2.33. The Labute approximate surface area is 94.8 Å². The van der Waals surface area contributed by atoms with E-state index in [1.165, 1.54) is 6.07 Å². The molecule has 88 valence electrons. The number of hydrogen-bond donors (Lipinski definition) is 2. The summed E-state index contributed by atoms with van der Waals surface area (Å²) in [5.74, 6) is -0.519. The standard InChI is InChI=1S/C12H17FN2O/c1-8-3-4-10(13)11(5-8)15-12(16)6-9(2)7-14/h3-5,9H,6-7,14H2,1-2H3,(H,15,16). The predicted octanol–water partition coefficient (Wildman–Crippen LogP) is 2.06. The van der Waals surface area contributed by atoms with Crippen molar-refractivity contribution in [2.24, 2.45) is 11.7 Å². The first-order chi connectivity index (χ1) is 7.52. The Hall–Kier alpha value is -1.42. The number of nitrogens with two attached hydrogens (primary N) is 1. The van der Waals surface area contributed by atoms with E-state index in [0.29, 0.717) is 13.0 Å². The van der Waals surface area contributed by atoms with Gasteiger partial charge in [-0.15, -0.1) is 0 Å². The summed E-state index contributed by atoms with van der Waals surface area (Å²) in [6, 6.07) is 4.62. The lowest BCUT2D eigenvalue weighted by Gasteiger charge is -2.10. The number of benzene rings is 1. The fourth-order valence-electron chi connectivity index (χ4n) is 1.34. The van der Waals surface area contributed by atoms with Crippen LogP contribution in [0.4, 0.5) is 10.1 Å². The monoisotopic (exact) mass is 224 g/mol. The van der Waals surface area contributed by atoms with Crippen molar-refractivity contribution < 1.29 is 9.18 Å². The van der Waals surface area contributed by atoms with E-state index in [-0.39, 0.29) is 17.5 Å². The summed E-state index contributed by atoms with van der Waals surface area (Å²) < 4.78 is 13.3. The highest BCUT2D eigenvalue weighted by Gasteiger charge is 2.10. The zero-order chi connectivity index (χ0) is 12.1. The van der Waals surface area contributed by atoms with Crippen molar-refractivity contribution in [2.45, 2.75) is 20.3 Å². The van der Waals surface area contributed by atoms with Crippen LogP contribution in [-0.2, 0) is 4.79 Å². The van der Waals surface area contributed by atoms with E-state index in [1.54, 1.807) is 12.1 Å². The second-order valence-electron chi connectivity index (χ2n) is 4.08. The van der Waals surface area contributed by atoms with Crippen LogP contribution >= 0.6 is 0 Å². The molecule has 4 heteroatoms. The summed E-state index contributed by atoms with van der Waals surface area (Å²) in [7, 11) is 0. The van der Waals surface area contributed by atoms with Crippen LogP contribution in [0.3, 0.4) is 0 Å². The molecule has 0 bridgehead atoms. The number of rotatable bonds is 4. The summed E-state index contributed by atoms with van der Waals surface area (Å²) in [5, 5.41) is 2.55. The highest BCUT2D eigenvalue weighted by atomic mass is 19.1. The number of amides is 1. The first-order valence-corrected chi connectivity index (χ1v) is 5.29. The molecular formula is C12H17FN2O. The molecule has 0 radical (unpaired) electrons. The van der Waals surface area contributed by atoms with Crippen LogP contribution in [-0.4, -0.2) is 12.5 Å². The Kier molecular flexibility index (Phi) is 4.43. The van der Waals surface area contributed by atoms with Crippen molar-refractivity contribution in [1.29, 1.82) is 0 Å². The maximum atomic E-state index is 13.3. The fraction of sp³-hybridized carbons (Fsp3) is 0.417. The molecule has 0 fully saturated rings. The van der Waals surface area contributed by atoms with Crippen LogP contribution in [0.1, 0.15) is 18.9 Å². The van der Waals surface area contributed by atoms with E-state index >= 15 is 0 Å². The van der Waals surface area contributed by atoms with Crippen molar-refractivity contribution in [2.75, 3.05) is 11.9 Å². The van der Waals surface area contributed by atoms with E-state index in [4.69, 9.17) is 5.73 Å². The van der Waals surface area contributed by atoms with Crippen LogP contribution in [0.5, 0.6) is 0 Å². The normalized spacial score (nSPS) is 12.2. The maximum Gasteiger partial charge on any atom is 0.224 e. The van der Waals surface area contributed by atoms with Gasteiger partial charge in [0.15, 0.2) is 0 Å². The van der Waals surface area contributed by atoms with Crippen molar-refractivity contribution in [3.8, 4) is 0 Å². The molecule has 0 spiro atoms. The first kappa shape index (κ1) is 12.6. The van der Waals surface area contributed by atoms with Crippen LogP contribution in [0.25, 0.3) is 0 Å². The molecule has 0 aliphatic rings. The van der Waals surface area contributed by atoms with Crippen LogP contribution in [0, 0.1) is 18.7 Å². The Morgan fingerprint density at radius 1 is 1.56 bits per heavy atom. The van der Waals surface area contributed by atoms with Gasteiger partial charge in [-0.2, -0.15) is 0 Å².